The highest BCUT2D eigenvalue weighted by atomic mass is 32.2. The van der Waals surface area contributed by atoms with Gasteiger partial charge in [0.05, 0.1) is 29.7 Å². The third-order valence-corrected chi connectivity index (χ3v) is 7.51. The zero-order valence-corrected chi connectivity index (χ0v) is 21.2. The first-order chi connectivity index (χ1) is 17.0. The third kappa shape index (κ3) is 5.93. The second-order valence-electron chi connectivity index (χ2n) is 7.54. The quantitative estimate of drug-likeness (QED) is 0.267. The molecule has 0 aliphatic carbocycles. The molecular weight excluding hydrogens is 482 g/mol. The van der Waals surface area contributed by atoms with Crippen molar-refractivity contribution in [2.24, 2.45) is 0 Å². The number of benzene rings is 3. The van der Waals surface area contributed by atoms with Crippen LogP contribution in [0.4, 0.5) is 10.8 Å². The Labute approximate surface area is 211 Å². The van der Waals surface area contributed by atoms with Gasteiger partial charge in [-0.15, -0.1) is 11.8 Å². The van der Waals surface area contributed by atoms with Crippen LogP contribution in [0.1, 0.15) is 23.7 Å². The van der Waals surface area contributed by atoms with Gasteiger partial charge < -0.3 is 20.1 Å². The van der Waals surface area contributed by atoms with E-state index >= 15 is 0 Å². The summed E-state index contributed by atoms with van der Waals surface area (Å²) in [6.45, 7) is 1.97. The van der Waals surface area contributed by atoms with Crippen LogP contribution in [-0.4, -0.2) is 36.3 Å². The van der Waals surface area contributed by atoms with Crippen molar-refractivity contribution in [1.29, 1.82) is 0 Å². The Bertz CT molecular complexity index is 1320. The molecule has 2 N–H and O–H groups in total. The number of thioether (sulfide) groups is 1. The number of hydrogen-bond donors (Lipinski definition) is 2. The lowest BCUT2D eigenvalue weighted by atomic mass is 10.2. The molecule has 0 saturated heterocycles. The van der Waals surface area contributed by atoms with Crippen LogP contribution in [0.3, 0.4) is 0 Å². The lowest BCUT2D eigenvalue weighted by Crippen LogP contribution is -2.24. The van der Waals surface area contributed by atoms with E-state index < -0.39 is 0 Å². The van der Waals surface area contributed by atoms with Gasteiger partial charge in [0.2, 0.25) is 5.91 Å². The number of para-hydroxylation sites is 1. The van der Waals surface area contributed by atoms with E-state index in [4.69, 9.17) is 9.47 Å². The Morgan fingerprint density at radius 3 is 2.51 bits per heavy atom. The van der Waals surface area contributed by atoms with Gasteiger partial charge in [-0.2, -0.15) is 0 Å². The number of rotatable bonds is 9. The van der Waals surface area contributed by atoms with E-state index in [9.17, 15) is 9.59 Å². The summed E-state index contributed by atoms with van der Waals surface area (Å²) in [5, 5.41) is 6.13. The van der Waals surface area contributed by atoms with Crippen LogP contribution in [0.25, 0.3) is 10.2 Å². The number of thiazole rings is 1. The second kappa shape index (κ2) is 11.2. The lowest BCUT2D eigenvalue weighted by molar-refractivity contribution is -0.115. The molecule has 9 heteroatoms. The molecule has 0 bridgehead atoms. The van der Waals surface area contributed by atoms with Gasteiger partial charge in [0.15, 0.2) is 16.6 Å². The summed E-state index contributed by atoms with van der Waals surface area (Å²) in [7, 11) is 3.07. The summed E-state index contributed by atoms with van der Waals surface area (Å²) in [5.74, 6) is 0.664. The number of aromatic nitrogens is 1. The largest absolute Gasteiger partial charge is 0.493 e. The number of carbonyl (C=O) groups excluding carboxylic acids is 2. The molecule has 2 amide bonds. The van der Waals surface area contributed by atoms with Crippen LogP contribution in [0.15, 0.2) is 71.6 Å². The highest BCUT2D eigenvalue weighted by molar-refractivity contribution is 8.00. The first-order valence-electron chi connectivity index (χ1n) is 11.0. The summed E-state index contributed by atoms with van der Waals surface area (Å²) < 4.78 is 11.5. The van der Waals surface area contributed by atoms with E-state index in [1.807, 2.05) is 55.5 Å². The topological polar surface area (TPSA) is 89.5 Å². The molecule has 0 radical (unpaired) electrons. The predicted molar refractivity (Wildman–Crippen MR) is 142 cm³/mol. The van der Waals surface area contributed by atoms with E-state index in [1.54, 1.807) is 25.3 Å². The number of amides is 2. The molecule has 35 heavy (non-hydrogen) atoms. The number of fused-ring (bicyclic) bond motifs is 1. The molecule has 1 atom stereocenters. The van der Waals surface area contributed by atoms with Gasteiger partial charge in [0.25, 0.3) is 5.91 Å². The summed E-state index contributed by atoms with van der Waals surface area (Å²) in [6.07, 6.45) is 0.642. The highest BCUT2D eigenvalue weighted by Gasteiger charge is 2.20. The second-order valence-corrected chi connectivity index (χ2v) is 9.85. The molecule has 0 fully saturated rings. The van der Waals surface area contributed by atoms with E-state index in [2.05, 4.69) is 15.6 Å². The molecule has 0 saturated carbocycles. The summed E-state index contributed by atoms with van der Waals surface area (Å²) >= 11 is 2.90. The van der Waals surface area contributed by atoms with Crippen LogP contribution in [0, 0.1) is 0 Å². The normalized spacial score (nSPS) is 11.6. The Hall–Kier alpha value is -3.56. The minimum absolute atomic E-state index is 0.101. The fourth-order valence-electron chi connectivity index (χ4n) is 3.43. The van der Waals surface area contributed by atoms with E-state index in [0.29, 0.717) is 34.3 Å². The Morgan fingerprint density at radius 2 is 1.77 bits per heavy atom. The summed E-state index contributed by atoms with van der Waals surface area (Å²) in [5.41, 5.74) is 1.95. The maximum Gasteiger partial charge on any atom is 0.255 e. The van der Waals surface area contributed by atoms with Crippen LogP contribution >= 0.6 is 23.1 Å². The van der Waals surface area contributed by atoms with Gasteiger partial charge in [-0.25, -0.2) is 4.98 Å². The predicted octanol–water partition coefficient (Wildman–Crippen LogP) is 6.08. The van der Waals surface area contributed by atoms with E-state index in [1.165, 1.54) is 30.2 Å². The molecule has 1 unspecified atom stereocenters. The lowest BCUT2D eigenvalue weighted by Gasteiger charge is -2.14. The zero-order valence-electron chi connectivity index (χ0n) is 19.5. The van der Waals surface area contributed by atoms with Crippen molar-refractivity contribution in [3.8, 4) is 11.5 Å². The molecule has 0 aliphatic rings. The summed E-state index contributed by atoms with van der Waals surface area (Å²) in [6, 6.07) is 20.2. The fraction of sp³-hybridized carbons (Fsp3) is 0.192. The number of carbonyl (C=O) groups is 2. The van der Waals surface area contributed by atoms with Crippen LogP contribution in [0.5, 0.6) is 11.5 Å². The van der Waals surface area contributed by atoms with Crippen molar-refractivity contribution in [3.05, 3.63) is 72.3 Å². The maximum absolute atomic E-state index is 12.9. The van der Waals surface area contributed by atoms with Crippen molar-refractivity contribution in [2.45, 2.75) is 23.5 Å². The van der Waals surface area contributed by atoms with Crippen molar-refractivity contribution < 1.29 is 19.1 Å². The van der Waals surface area contributed by atoms with Crippen molar-refractivity contribution in [1.82, 2.24) is 4.98 Å². The van der Waals surface area contributed by atoms with Gasteiger partial charge >= 0.3 is 0 Å². The van der Waals surface area contributed by atoms with Gasteiger partial charge in [-0.3, -0.25) is 9.59 Å². The van der Waals surface area contributed by atoms with Gasteiger partial charge in [-0.05, 0) is 55.0 Å². The van der Waals surface area contributed by atoms with Gasteiger partial charge in [0.1, 0.15) is 0 Å². The fourth-order valence-corrected chi connectivity index (χ4v) is 5.31. The van der Waals surface area contributed by atoms with Crippen LogP contribution in [-0.2, 0) is 4.79 Å². The number of hydrogen-bond acceptors (Lipinski definition) is 7. The minimum atomic E-state index is -0.307. The van der Waals surface area contributed by atoms with Crippen LogP contribution in [0.2, 0.25) is 0 Å². The number of ether oxygens (including phenoxy) is 2. The average molecular weight is 508 g/mol. The molecule has 4 rings (SSSR count). The molecule has 0 aliphatic heterocycles. The molecular formula is C26H25N3O4S2. The smallest absolute Gasteiger partial charge is 0.255 e. The number of nitrogens with one attached hydrogen (secondary N) is 2. The van der Waals surface area contributed by atoms with E-state index in [0.717, 1.165) is 15.1 Å². The first kappa shape index (κ1) is 24.6. The zero-order chi connectivity index (χ0) is 24.8. The Morgan fingerprint density at radius 1 is 0.971 bits per heavy atom. The molecule has 4 aromatic rings. The molecule has 1 heterocycles. The highest BCUT2D eigenvalue weighted by Crippen LogP contribution is 2.31. The van der Waals surface area contributed by atoms with Crippen molar-refractivity contribution in [2.75, 3.05) is 24.9 Å². The molecule has 0 spiro atoms. The Kier molecular flexibility index (Phi) is 7.89. The van der Waals surface area contributed by atoms with E-state index in [-0.39, 0.29) is 17.1 Å². The monoisotopic (exact) mass is 507 g/mol. The maximum atomic E-state index is 12.9. The number of anilines is 2. The molecule has 1 aromatic heterocycles. The average Bonchev–Trinajstić information content (AvgIpc) is 3.29. The minimum Gasteiger partial charge on any atom is -0.493 e. The van der Waals surface area contributed by atoms with Gasteiger partial charge in [0, 0.05) is 16.1 Å². The first-order valence-corrected chi connectivity index (χ1v) is 12.7. The molecule has 180 valence electrons. The molecule has 7 nitrogen and oxygen atoms in total. The van der Waals surface area contributed by atoms with Gasteiger partial charge in [-0.1, -0.05) is 36.5 Å². The Balaban J connectivity index is 1.42. The van der Waals surface area contributed by atoms with Crippen molar-refractivity contribution >= 4 is 55.9 Å². The third-order valence-electron chi connectivity index (χ3n) is 5.20. The molecule has 3 aromatic carbocycles. The number of nitrogens with zero attached hydrogens (tertiary/aromatic N) is 1. The van der Waals surface area contributed by atoms with Crippen LogP contribution < -0.4 is 20.1 Å². The van der Waals surface area contributed by atoms with Crippen molar-refractivity contribution in [3.63, 3.8) is 0 Å². The standard InChI is InChI=1S/C26H25N3O4S2/c1-4-22(25(31)29-26-28-19-10-5-6-11-23(19)35-26)34-18-9-7-8-17(15-18)27-24(30)16-12-13-20(32-2)21(14-16)33-3/h5-15,22H,4H2,1-3H3,(H,27,30)(H,28,29,31). The SMILES string of the molecule is CCC(Sc1cccc(NC(=O)c2ccc(OC)c(OC)c2)c1)C(=O)Nc1nc2ccccc2s1. The summed E-state index contributed by atoms with van der Waals surface area (Å²) in [4.78, 5) is 31.1. The number of methoxy groups -OCH3 is 2.